The maximum Gasteiger partial charge on any atom is 0.377 e. The largest absolute Gasteiger partial charge is 0.497 e. The van der Waals surface area contributed by atoms with Crippen LogP contribution in [0.3, 0.4) is 0 Å². The fraction of sp³-hybridized carbons (Fsp3) is 0.308. The Kier molecular flexibility index (Phi) is 5.87. The van der Waals surface area contributed by atoms with Gasteiger partial charge in [0.2, 0.25) is 0 Å². The van der Waals surface area contributed by atoms with E-state index in [1.54, 1.807) is 26.2 Å². The third-order valence-corrected chi connectivity index (χ3v) is 6.04. The molecule has 2 aromatic rings. The molecule has 4 rings (SSSR count). The second kappa shape index (κ2) is 8.47. The predicted octanol–water partition coefficient (Wildman–Crippen LogP) is 5.00. The van der Waals surface area contributed by atoms with Crippen molar-refractivity contribution in [1.29, 1.82) is 0 Å². The van der Waals surface area contributed by atoms with Crippen molar-refractivity contribution < 1.29 is 19.1 Å². The molecule has 166 valence electrons. The van der Waals surface area contributed by atoms with E-state index >= 15 is 0 Å². The lowest BCUT2D eigenvalue weighted by Crippen LogP contribution is -2.42. The number of carbonyl (C=O) groups is 2. The molecule has 2 aliphatic rings. The van der Waals surface area contributed by atoms with Crippen LogP contribution in [-0.2, 0) is 14.3 Å². The highest BCUT2D eigenvalue weighted by atomic mass is 35.5. The van der Waals surface area contributed by atoms with Gasteiger partial charge in [0, 0.05) is 28.3 Å². The average molecular weight is 452 g/mol. The zero-order valence-electron chi connectivity index (χ0n) is 18.6. The molecule has 0 N–H and O–H groups in total. The van der Waals surface area contributed by atoms with Gasteiger partial charge in [-0.3, -0.25) is 4.79 Å². The first-order valence-electron chi connectivity index (χ1n) is 10.6. The van der Waals surface area contributed by atoms with E-state index in [0.29, 0.717) is 11.6 Å². The van der Waals surface area contributed by atoms with Crippen molar-refractivity contribution in [2.75, 3.05) is 20.3 Å². The van der Waals surface area contributed by atoms with Crippen LogP contribution in [0.1, 0.15) is 31.9 Å². The van der Waals surface area contributed by atoms with E-state index in [4.69, 9.17) is 21.1 Å². The number of rotatable bonds is 6. The van der Waals surface area contributed by atoms with Crippen molar-refractivity contribution in [2.24, 2.45) is 5.41 Å². The van der Waals surface area contributed by atoms with E-state index in [0.717, 1.165) is 33.7 Å². The Balaban J connectivity index is 1.97. The molecule has 0 bridgehead atoms. The van der Waals surface area contributed by atoms with Gasteiger partial charge in [0.15, 0.2) is 0 Å². The van der Waals surface area contributed by atoms with Crippen molar-refractivity contribution in [2.45, 2.75) is 26.8 Å². The number of hydrogen-bond donors (Lipinski definition) is 0. The summed E-state index contributed by atoms with van der Waals surface area (Å²) in [6.07, 6.45) is 2.18. The Morgan fingerprint density at radius 2 is 1.69 bits per heavy atom. The summed E-state index contributed by atoms with van der Waals surface area (Å²) >= 11 is 6.14. The summed E-state index contributed by atoms with van der Waals surface area (Å²) in [6.45, 7) is 6.71. The summed E-state index contributed by atoms with van der Waals surface area (Å²) in [5, 5.41) is 0.604. The van der Waals surface area contributed by atoms with Gasteiger partial charge in [0.1, 0.15) is 11.8 Å². The Morgan fingerprint density at radius 3 is 2.28 bits per heavy atom. The highest BCUT2D eigenvalue weighted by molar-refractivity contribution is 6.39. The standard InChI is InChI=1S/C26H26ClNO4/c1-5-32-25(30)24(29)23-22(17-6-10-18(27)11-7-17)21(16-8-12-19(31-4)13-9-16)20-14-26(2,3)15-28(20)23/h6-14,23H,5,15H2,1-4H3. The number of ketones is 1. The molecule has 0 fully saturated rings. The van der Waals surface area contributed by atoms with Crippen molar-refractivity contribution in [3.8, 4) is 5.75 Å². The second-order valence-corrected chi connectivity index (χ2v) is 9.09. The molecule has 0 aliphatic carbocycles. The smallest absolute Gasteiger partial charge is 0.377 e. The lowest BCUT2D eigenvalue weighted by molar-refractivity contribution is -0.154. The van der Waals surface area contributed by atoms with Gasteiger partial charge in [-0.05, 0) is 47.9 Å². The number of benzene rings is 2. The Bertz CT molecular complexity index is 1110. The number of methoxy groups -OCH3 is 1. The summed E-state index contributed by atoms with van der Waals surface area (Å²) in [4.78, 5) is 28.0. The molecule has 0 aromatic heterocycles. The summed E-state index contributed by atoms with van der Waals surface area (Å²) < 4.78 is 10.4. The molecule has 2 aliphatic heterocycles. The van der Waals surface area contributed by atoms with Crippen LogP contribution in [0.25, 0.3) is 11.1 Å². The molecule has 0 amide bonds. The van der Waals surface area contributed by atoms with E-state index in [1.165, 1.54) is 0 Å². The number of carbonyl (C=O) groups excluding carboxylic acids is 2. The van der Waals surface area contributed by atoms with E-state index in [2.05, 4.69) is 19.9 Å². The fourth-order valence-corrected chi connectivity index (χ4v) is 4.60. The lowest BCUT2D eigenvalue weighted by atomic mass is 9.87. The third kappa shape index (κ3) is 3.93. The summed E-state index contributed by atoms with van der Waals surface area (Å²) in [6, 6.07) is 14.4. The summed E-state index contributed by atoms with van der Waals surface area (Å²) in [7, 11) is 1.63. The molecule has 1 unspecified atom stereocenters. The molecule has 0 saturated carbocycles. The normalized spacial score (nSPS) is 19.0. The van der Waals surface area contributed by atoms with Crippen LogP contribution in [0, 0.1) is 5.41 Å². The second-order valence-electron chi connectivity index (χ2n) is 8.66. The van der Waals surface area contributed by atoms with Gasteiger partial charge in [-0.25, -0.2) is 4.79 Å². The molecule has 32 heavy (non-hydrogen) atoms. The molecule has 2 heterocycles. The molecule has 2 aromatic carbocycles. The molecule has 1 atom stereocenters. The zero-order chi connectivity index (χ0) is 23.0. The van der Waals surface area contributed by atoms with Crippen LogP contribution in [0.15, 0.2) is 60.3 Å². The maximum absolute atomic E-state index is 13.4. The Labute approximate surface area is 193 Å². The SMILES string of the molecule is CCOC(=O)C(=O)C1C(c2ccc(Cl)cc2)=C(c2ccc(OC)cc2)C2=CC(C)(C)CN21. The van der Waals surface area contributed by atoms with Gasteiger partial charge in [0.05, 0.1) is 13.7 Å². The monoisotopic (exact) mass is 451 g/mol. The number of nitrogens with zero attached hydrogens (tertiary/aromatic N) is 1. The lowest BCUT2D eigenvalue weighted by Gasteiger charge is -2.28. The van der Waals surface area contributed by atoms with Crippen LogP contribution in [0.5, 0.6) is 5.75 Å². The Morgan fingerprint density at radius 1 is 1.06 bits per heavy atom. The van der Waals surface area contributed by atoms with Gasteiger partial charge in [-0.1, -0.05) is 55.8 Å². The van der Waals surface area contributed by atoms with Gasteiger partial charge in [-0.15, -0.1) is 0 Å². The number of fused-ring (bicyclic) bond motifs is 1. The minimum absolute atomic E-state index is 0.147. The molecule has 0 saturated heterocycles. The average Bonchev–Trinajstić information content (AvgIpc) is 3.23. The van der Waals surface area contributed by atoms with Gasteiger partial charge >= 0.3 is 5.97 Å². The van der Waals surface area contributed by atoms with E-state index < -0.39 is 17.8 Å². The van der Waals surface area contributed by atoms with Crippen molar-refractivity contribution in [1.82, 2.24) is 4.90 Å². The number of Topliss-reactive ketones (excluding diaryl/α,β-unsaturated/α-hetero) is 1. The summed E-state index contributed by atoms with van der Waals surface area (Å²) in [5.41, 5.74) is 4.31. The van der Waals surface area contributed by atoms with Crippen LogP contribution in [-0.4, -0.2) is 43.0 Å². The van der Waals surface area contributed by atoms with Crippen LogP contribution in [0.4, 0.5) is 0 Å². The maximum atomic E-state index is 13.4. The molecule has 0 spiro atoms. The van der Waals surface area contributed by atoms with Crippen molar-refractivity contribution >= 4 is 34.5 Å². The molecular formula is C26H26ClNO4. The minimum atomic E-state index is -0.816. The predicted molar refractivity (Wildman–Crippen MR) is 125 cm³/mol. The number of ether oxygens (including phenoxy) is 2. The third-order valence-electron chi connectivity index (χ3n) is 5.78. The summed E-state index contributed by atoms with van der Waals surface area (Å²) in [5.74, 6) is -0.634. The van der Waals surface area contributed by atoms with Crippen LogP contribution < -0.4 is 4.74 Å². The highest BCUT2D eigenvalue weighted by Gasteiger charge is 2.48. The van der Waals surface area contributed by atoms with Gasteiger partial charge in [0.25, 0.3) is 5.78 Å². The highest BCUT2D eigenvalue weighted by Crippen LogP contribution is 2.50. The van der Waals surface area contributed by atoms with E-state index in [-0.39, 0.29) is 12.0 Å². The number of esters is 1. The van der Waals surface area contributed by atoms with E-state index in [1.807, 2.05) is 41.3 Å². The zero-order valence-corrected chi connectivity index (χ0v) is 19.4. The molecule has 5 nitrogen and oxygen atoms in total. The quantitative estimate of drug-likeness (QED) is 0.457. The van der Waals surface area contributed by atoms with E-state index in [9.17, 15) is 9.59 Å². The molecular weight excluding hydrogens is 426 g/mol. The van der Waals surface area contributed by atoms with Crippen LogP contribution >= 0.6 is 11.6 Å². The first-order chi connectivity index (χ1) is 15.3. The van der Waals surface area contributed by atoms with Gasteiger partial charge < -0.3 is 14.4 Å². The van der Waals surface area contributed by atoms with Gasteiger partial charge in [-0.2, -0.15) is 0 Å². The van der Waals surface area contributed by atoms with Crippen LogP contribution in [0.2, 0.25) is 5.02 Å². The number of hydrogen-bond acceptors (Lipinski definition) is 5. The van der Waals surface area contributed by atoms with Crippen molar-refractivity contribution in [3.05, 3.63) is 76.5 Å². The van der Waals surface area contributed by atoms with Crippen molar-refractivity contribution in [3.63, 3.8) is 0 Å². The number of halogens is 1. The first kappa shape index (κ1) is 22.2. The molecule has 6 heteroatoms. The first-order valence-corrected chi connectivity index (χ1v) is 11.0. The fourth-order valence-electron chi connectivity index (χ4n) is 4.48. The number of allylic oxidation sites excluding steroid dienone is 1. The topological polar surface area (TPSA) is 55.8 Å². The Hall–Kier alpha value is -3.05. The molecule has 0 radical (unpaired) electrons. The minimum Gasteiger partial charge on any atom is -0.497 e.